The molecule has 0 saturated heterocycles. The van der Waals surface area contributed by atoms with Crippen molar-refractivity contribution in [3.05, 3.63) is 101 Å². The highest BCUT2D eigenvalue weighted by Crippen LogP contribution is 2.55. The third-order valence-corrected chi connectivity index (χ3v) is 9.33. The standard InChI is InChI=1S/C31H41P/c1-8-22(5)23(6)30-26(11-4)20-31(29-15-13-12-14-28(29)30)18-16-27(17-19-31)24(7)32-21-25(9-2)10-3/h9-15,27,32H,2,5,7-8,16-21H2,1,3-4,6H3/b25-10+,26-11-,30-23+. The van der Waals surface area contributed by atoms with Crippen LogP contribution in [0.2, 0.25) is 0 Å². The fourth-order valence-corrected chi connectivity index (χ4v) is 6.99. The van der Waals surface area contributed by atoms with Gasteiger partial charge in [-0.3, -0.25) is 0 Å². The van der Waals surface area contributed by atoms with Crippen LogP contribution in [0.5, 0.6) is 0 Å². The molecule has 1 aromatic carbocycles. The highest BCUT2D eigenvalue weighted by Gasteiger charge is 2.43. The molecule has 0 N–H and O–H groups in total. The summed E-state index contributed by atoms with van der Waals surface area (Å²) in [4.78, 5) is 0. The monoisotopic (exact) mass is 444 g/mol. The first-order valence-electron chi connectivity index (χ1n) is 12.3. The van der Waals surface area contributed by atoms with E-state index in [-0.39, 0.29) is 5.41 Å². The molecule has 0 bridgehead atoms. The van der Waals surface area contributed by atoms with Crippen LogP contribution >= 0.6 is 8.58 Å². The van der Waals surface area contributed by atoms with Crippen LogP contribution < -0.4 is 0 Å². The Morgan fingerprint density at radius 2 is 1.84 bits per heavy atom. The van der Waals surface area contributed by atoms with Crippen LogP contribution in [-0.4, -0.2) is 6.16 Å². The highest BCUT2D eigenvalue weighted by atomic mass is 31.1. The van der Waals surface area contributed by atoms with Crippen LogP contribution in [0, 0.1) is 5.92 Å². The number of fused-ring (bicyclic) bond motifs is 2. The average molecular weight is 445 g/mol. The SMILES string of the molecule is C=C/C(=C\C)CPC(=C)C1CCC2(CC1)CC(=C/C)/C(=C(/C)C(=C)CC)c1ccccc12. The molecule has 0 amide bonds. The van der Waals surface area contributed by atoms with Gasteiger partial charge in [0.05, 0.1) is 0 Å². The van der Waals surface area contributed by atoms with Crippen LogP contribution in [0.1, 0.15) is 77.3 Å². The summed E-state index contributed by atoms with van der Waals surface area (Å²) in [6.45, 7) is 21.6. The molecule has 32 heavy (non-hydrogen) atoms. The van der Waals surface area contributed by atoms with E-state index < -0.39 is 0 Å². The minimum atomic E-state index is 0.269. The Labute approximate surface area is 198 Å². The van der Waals surface area contributed by atoms with Crippen molar-refractivity contribution in [1.29, 1.82) is 0 Å². The summed E-state index contributed by atoms with van der Waals surface area (Å²) in [7, 11) is 0.814. The average Bonchev–Trinajstić information content (AvgIpc) is 2.84. The maximum atomic E-state index is 4.51. The lowest BCUT2D eigenvalue weighted by atomic mass is 9.58. The van der Waals surface area contributed by atoms with Crippen LogP contribution in [0.4, 0.5) is 0 Å². The Hall–Kier alpha value is -1.91. The van der Waals surface area contributed by atoms with Crippen molar-refractivity contribution in [3.63, 3.8) is 0 Å². The van der Waals surface area contributed by atoms with Gasteiger partial charge in [0.25, 0.3) is 0 Å². The van der Waals surface area contributed by atoms with E-state index in [0.29, 0.717) is 5.92 Å². The Balaban J connectivity index is 1.87. The first kappa shape index (κ1) is 24.7. The lowest BCUT2D eigenvalue weighted by Crippen LogP contribution is -2.36. The van der Waals surface area contributed by atoms with Gasteiger partial charge >= 0.3 is 0 Å². The summed E-state index contributed by atoms with van der Waals surface area (Å²) in [6.07, 6.45) is 14.8. The Morgan fingerprint density at radius 1 is 1.16 bits per heavy atom. The fraction of sp³-hybridized carbons (Fsp3) is 0.419. The van der Waals surface area contributed by atoms with Gasteiger partial charge in [-0.1, -0.05) is 88.6 Å². The number of hydrogen-bond donors (Lipinski definition) is 0. The molecule has 1 unspecified atom stereocenters. The van der Waals surface area contributed by atoms with Crippen molar-refractivity contribution in [2.24, 2.45) is 5.92 Å². The van der Waals surface area contributed by atoms with Crippen molar-refractivity contribution in [2.45, 2.75) is 71.6 Å². The van der Waals surface area contributed by atoms with Crippen LogP contribution in [-0.2, 0) is 5.41 Å². The highest BCUT2D eigenvalue weighted by molar-refractivity contribution is 7.43. The molecule has 0 nitrogen and oxygen atoms in total. The third kappa shape index (κ3) is 4.87. The molecular formula is C31H41P. The number of rotatable bonds is 7. The zero-order chi connectivity index (χ0) is 23.3. The van der Waals surface area contributed by atoms with Crippen molar-refractivity contribution in [1.82, 2.24) is 0 Å². The molecule has 0 aliphatic heterocycles. The second kappa shape index (κ2) is 10.8. The van der Waals surface area contributed by atoms with Gasteiger partial charge in [-0.2, -0.15) is 0 Å². The van der Waals surface area contributed by atoms with Crippen molar-refractivity contribution in [3.8, 4) is 0 Å². The van der Waals surface area contributed by atoms with E-state index in [2.05, 4.69) is 83.8 Å². The second-order valence-corrected chi connectivity index (χ2v) is 10.8. The predicted octanol–water partition coefficient (Wildman–Crippen LogP) is 9.53. The summed E-state index contributed by atoms with van der Waals surface area (Å²) < 4.78 is 0. The molecule has 0 radical (unpaired) electrons. The molecule has 0 aromatic heterocycles. The lowest BCUT2D eigenvalue weighted by Gasteiger charge is -2.46. The van der Waals surface area contributed by atoms with Gasteiger partial charge in [-0.25, -0.2) is 0 Å². The summed E-state index contributed by atoms with van der Waals surface area (Å²) in [5.74, 6) is 0.668. The number of benzene rings is 1. The van der Waals surface area contributed by atoms with E-state index in [1.165, 1.54) is 64.4 Å². The summed E-state index contributed by atoms with van der Waals surface area (Å²) in [5.41, 5.74) is 10.2. The summed E-state index contributed by atoms with van der Waals surface area (Å²) in [6, 6.07) is 9.20. The van der Waals surface area contributed by atoms with Gasteiger partial charge in [-0.15, -0.1) is 0 Å². The maximum Gasteiger partial charge on any atom is 0.00000318 e. The Morgan fingerprint density at radius 3 is 2.44 bits per heavy atom. The summed E-state index contributed by atoms with van der Waals surface area (Å²) >= 11 is 0. The normalized spacial score (nSPS) is 26.4. The molecule has 170 valence electrons. The summed E-state index contributed by atoms with van der Waals surface area (Å²) in [5, 5.41) is 1.46. The topological polar surface area (TPSA) is 0 Å². The number of hydrogen-bond acceptors (Lipinski definition) is 0. The van der Waals surface area contributed by atoms with Gasteiger partial charge in [-0.05, 0) is 105 Å². The molecule has 1 aromatic rings. The predicted molar refractivity (Wildman–Crippen MR) is 147 cm³/mol. The van der Waals surface area contributed by atoms with Gasteiger partial charge in [0, 0.05) is 5.41 Å². The molecule has 1 heteroatoms. The minimum absolute atomic E-state index is 0.269. The molecule has 1 atom stereocenters. The van der Waals surface area contributed by atoms with Crippen LogP contribution in [0.15, 0.2) is 89.8 Å². The van der Waals surface area contributed by atoms with Crippen molar-refractivity contribution < 1.29 is 0 Å². The molecule has 0 heterocycles. The van der Waals surface area contributed by atoms with E-state index in [4.69, 9.17) is 0 Å². The third-order valence-electron chi connectivity index (χ3n) is 7.89. The van der Waals surface area contributed by atoms with Crippen LogP contribution in [0.25, 0.3) is 5.57 Å². The zero-order valence-corrected chi connectivity index (χ0v) is 21.7. The first-order chi connectivity index (χ1) is 15.4. The van der Waals surface area contributed by atoms with E-state index in [1.54, 1.807) is 5.56 Å². The molecule has 3 rings (SSSR count). The first-order valence-corrected chi connectivity index (χ1v) is 13.5. The van der Waals surface area contributed by atoms with Gasteiger partial charge in [0.2, 0.25) is 0 Å². The smallest absolute Gasteiger partial charge is 0.00000318 e. The fourth-order valence-electron chi connectivity index (χ4n) is 5.63. The van der Waals surface area contributed by atoms with Gasteiger partial charge in [0.1, 0.15) is 0 Å². The molecule has 2 aliphatic carbocycles. The van der Waals surface area contributed by atoms with Crippen molar-refractivity contribution >= 4 is 14.2 Å². The minimum Gasteiger partial charge on any atom is -0.0988 e. The molecule has 1 fully saturated rings. The molecule has 2 aliphatic rings. The maximum absolute atomic E-state index is 4.51. The Kier molecular flexibility index (Phi) is 8.35. The van der Waals surface area contributed by atoms with Gasteiger partial charge < -0.3 is 0 Å². The molecular weight excluding hydrogens is 403 g/mol. The Bertz CT molecular complexity index is 973. The van der Waals surface area contributed by atoms with E-state index in [9.17, 15) is 0 Å². The van der Waals surface area contributed by atoms with Crippen molar-refractivity contribution in [2.75, 3.05) is 6.16 Å². The van der Waals surface area contributed by atoms with Gasteiger partial charge in [0.15, 0.2) is 0 Å². The second-order valence-electron chi connectivity index (χ2n) is 9.49. The molecule has 1 spiro atoms. The van der Waals surface area contributed by atoms with Crippen LogP contribution in [0.3, 0.4) is 0 Å². The van der Waals surface area contributed by atoms with E-state index in [0.717, 1.165) is 27.6 Å². The van der Waals surface area contributed by atoms with E-state index >= 15 is 0 Å². The lowest BCUT2D eigenvalue weighted by molar-refractivity contribution is 0.251. The largest absolute Gasteiger partial charge is 0.0988 e. The van der Waals surface area contributed by atoms with E-state index in [1.807, 2.05) is 6.08 Å². The number of allylic oxidation sites excluding steroid dienone is 9. The molecule has 1 saturated carbocycles. The zero-order valence-electron chi connectivity index (χ0n) is 20.7. The quantitative estimate of drug-likeness (QED) is 0.290.